The number of rotatable bonds is 11. The summed E-state index contributed by atoms with van der Waals surface area (Å²) in [6.07, 6.45) is -3.33. The van der Waals surface area contributed by atoms with Crippen LogP contribution in [0.3, 0.4) is 0 Å². The second-order valence-corrected chi connectivity index (χ2v) is 9.84. The minimum atomic E-state index is -4.49. The zero-order valence-corrected chi connectivity index (χ0v) is 22.0. The second kappa shape index (κ2) is 13.0. The van der Waals surface area contributed by atoms with E-state index in [4.69, 9.17) is 30.2 Å². The molecule has 0 bridgehead atoms. The molecule has 1 saturated carbocycles. The van der Waals surface area contributed by atoms with Crippen LogP contribution in [-0.2, 0) is 38.4 Å². The van der Waals surface area contributed by atoms with E-state index in [0.29, 0.717) is 18.0 Å². The highest BCUT2D eigenvalue weighted by molar-refractivity contribution is 6.29. The molecule has 7 nitrogen and oxygen atoms in total. The molecule has 0 aliphatic heterocycles. The van der Waals surface area contributed by atoms with Crippen molar-refractivity contribution in [2.24, 2.45) is 0 Å². The summed E-state index contributed by atoms with van der Waals surface area (Å²) < 4.78 is 61.6. The van der Waals surface area contributed by atoms with E-state index in [-0.39, 0.29) is 42.8 Å². The van der Waals surface area contributed by atoms with Crippen LogP contribution in [0.25, 0.3) is 11.5 Å². The van der Waals surface area contributed by atoms with Gasteiger partial charge in [0.1, 0.15) is 5.69 Å². The van der Waals surface area contributed by atoms with Crippen molar-refractivity contribution in [3.05, 3.63) is 76.1 Å². The molecule has 1 fully saturated rings. The van der Waals surface area contributed by atoms with E-state index >= 15 is 0 Å². The average molecular weight is 568 g/mol. The molecule has 3 aromatic rings. The summed E-state index contributed by atoms with van der Waals surface area (Å²) in [5.41, 5.74) is 1.78. The third-order valence-corrected chi connectivity index (χ3v) is 6.71. The fraction of sp³-hybridized carbons (Fsp3) is 0.429. The van der Waals surface area contributed by atoms with Crippen molar-refractivity contribution < 1.29 is 41.7 Å². The van der Waals surface area contributed by atoms with E-state index in [1.165, 1.54) is 12.1 Å². The van der Waals surface area contributed by atoms with E-state index in [1.54, 1.807) is 0 Å². The molecule has 4 rings (SSSR count). The predicted molar refractivity (Wildman–Crippen MR) is 136 cm³/mol. The van der Waals surface area contributed by atoms with E-state index < -0.39 is 23.8 Å². The Labute approximate surface area is 228 Å². The number of carboxylic acid groups (broad SMARTS) is 1. The van der Waals surface area contributed by atoms with Gasteiger partial charge in [-0.25, -0.2) is 9.78 Å². The van der Waals surface area contributed by atoms with Gasteiger partial charge in [0.25, 0.3) is 0 Å². The molecule has 1 aromatic heterocycles. The predicted octanol–water partition coefficient (Wildman–Crippen LogP) is 6.84. The summed E-state index contributed by atoms with van der Waals surface area (Å²) >= 11 is 6.24. The molecule has 2 aromatic carbocycles. The number of nitrogens with zero attached hydrogens (tertiary/aromatic N) is 1. The lowest BCUT2D eigenvalue weighted by Gasteiger charge is -2.29. The normalized spacial score (nSPS) is 18.7. The molecule has 39 heavy (non-hydrogen) atoms. The number of hydrogen-bond acceptors (Lipinski definition) is 6. The molecule has 1 N–H and O–H groups in total. The molecule has 11 heteroatoms. The monoisotopic (exact) mass is 567 g/mol. The number of oxazole rings is 1. The standard InChI is InChI=1S/C28H29ClF3NO6/c1-17-5-2-7-19(11-17)26-33-23(25(29)39-26)15-36-21-9-4-10-22(13-21)37-16-24(27(34)35)38-14-18-6-3-8-20(12-18)28(30,31)32/h2-3,5-8,11-12,21-22,24H,4,9-10,13-16H2,1H3,(H,34,35)/t21-,22+,24?/m0/s1. The van der Waals surface area contributed by atoms with Gasteiger partial charge in [-0.3, -0.25) is 0 Å². The zero-order chi connectivity index (χ0) is 28.0. The van der Waals surface area contributed by atoms with Crippen molar-refractivity contribution in [2.75, 3.05) is 6.61 Å². The van der Waals surface area contributed by atoms with Gasteiger partial charge in [0.05, 0.1) is 37.6 Å². The third-order valence-electron chi connectivity index (χ3n) is 6.41. The number of hydrogen-bond donors (Lipinski definition) is 1. The Hall–Kier alpha value is -2.92. The molecular formula is C28H29ClF3NO6. The summed E-state index contributed by atoms with van der Waals surface area (Å²) in [5.74, 6) is -0.840. The Morgan fingerprint density at radius 1 is 1.13 bits per heavy atom. The van der Waals surface area contributed by atoms with Gasteiger partial charge in [-0.15, -0.1) is 0 Å². The highest BCUT2D eigenvalue weighted by Gasteiger charge is 2.31. The number of aryl methyl sites for hydroxylation is 1. The van der Waals surface area contributed by atoms with Gasteiger partial charge in [0.2, 0.25) is 11.1 Å². The summed E-state index contributed by atoms with van der Waals surface area (Å²) in [4.78, 5) is 16.1. The number of halogens is 4. The van der Waals surface area contributed by atoms with Crippen LogP contribution in [-0.4, -0.2) is 41.0 Å². The molecule has 0 spiro atoms. The fourth-order valence-corrected chi connectivity index (χ4v) is 4.54. The largest absolute Gasteiger partial charge is 0.479 e. The Balaban J connectivity index is 1.26. The Kier molecular flexibility index (Phi) is 9.66. The van der Waals surface area contributed by atoms with Crippen molar-refractivity contribution in [2.45, 2.75) is 70.3 Å². The quantitative estimate of drug-likeness (QED) is 0.271. The van der Waals surface area contributed by atoms with Crippen LogP contribution in [0.1, 0.15) is 48.1 Å². The number of aliphatic carboxylic acids is 1. The van der Waals surface area contributed by atoms with Crippen molar-refractivity contribution >= 4 is 17.6 Å². The smallest absolute Gasteiger partial charge is 0.416 e. The lowest BCUT2D eigenvalue weighted by molar-refractivity contribution is -0.159. The van der Waals surface area contributed by atoms with Crippen LogP contribution >= 0.6 is 11.6 Å². The van der Waals surface area contributed by atoms with Gasteiger partial charge >= 0.3 is 12.1 Å². The lowest BCUT2D eigenvalue weighted by atomic mass is 9.95. The summed E-state index contributed by atoms with van der Waals surface area (Å²) in [6.45, 7) is 1.61. The Bertz CT molecular complexity index is 1260. The van der Waals surface area contributed by atoms with E-state index in [1.807, 2.05) is 31.2 Å². The first-order chi connectivity index (χ1) is 18.6. The first kappa shape index (κ1) is 29.1. The van der Waals surface area contributed by atoms with E-state index in [2.05, 4.69) is 4.98 Å². The third kappa shape index (κ3) is 8.28. The molecule has 0 amide bonds. The van der Waals surface area contributed by atoms with Gasteiger partial charge < -0.3 is 23.7 Å². The van der Waals surface area contributed by atoms with Crippen LogP contribution in [0.2, 0.25) is 5.22 Å². The first-order valence-corrected chi connectivity index (χ1v) is 12.9. The van der Waals surface area contributed by atoms with Crippen molar-refractivity contribution in [1.29, 1.82) is 0 Å². The van der Waals surface area contributed by atoms with Crippen LogP contribution in [0.5, 0.6) is 0 Å². The maximum atomic E-state index is 12.9. The highest BCUT2D eigenvalue weighted by atomic mass is 35.5. The topological polar surface area (TPSA) is 91.0 Å². The minimum Gasteiger partial charge on any atom is -0.479 e. The number of carboxylic acids is 1. The van der Waals surface area contributed by atoms with Crippen LogP contribution in [0.4, 0.5) is 13.2 Å². The van der Waals surface area contributed by atoms with Crippen molar-refractivity contribution in [1.82, 2.24) is 4.98 Å². The Morgan fingerprint density at radius 2 is 1.87 bits per heavy atom. The molecule has 0 saturated heterocycles. The van der Waals surface area contributed by atoms with Gasteiger partial charge in [0.15, 0.2) is 6.10 Å². The first-order valence-electron chi connectivity index (χ1n) is 12.5. The second-order valence-electron chi connectivity index (χ2n) is 9.50. The molecule has 1 aliphatic rings. The zero-order valence-electron chi connectivity index (χ0n) is 21.2. The minimum absolute atomic E-state index is 0.145. The van der Waals surface area contributed by atoms with Gasteiger partial charge in [-0.05, 0) is 74.0 Å². The Morgan fingerprint density at radius 3 is 2.59 bits per heavy atom. The summed E-state index contributed by atoms with van der Waals surface area (Å²) in [7, 11) is 0. The number of aromatic nitrogens is 1. The van der Waals surface area contributed by atoms with Crippen LogP contribution in [0.15, 0.2) is 52.9 Å². The molecule has 1 aliphatic carbocycles. The van der Waals surface area contributed by atoms with Crippen molar-refractivity contribution in [3.8, 4) is 11.5 Å². The van der Waals surface area contributed by atoms with Gasteiger partial charge in [-0.1, -0.05) is 29.8 Å². The number of carbonyl (C=O) groups is 1. The molecular weight excluding hydrogens is 539 g/mol. The number of benzene rings is 2. The maximum Gasteiger partial charge on any atom is 0.416 e. The number of alkyl halides is 3. The van der Waals surface area contributed by atoms with Gasteiger partial charge in [-0.2, -0.15) is 13.2 Å². The molecule has 1 unspecified atom stereocenters. The maximum absolute atomic E-state index is 12.9. The highest BCUT2D eigenvalue weighted by Crippen LogP contribution is 2.31. The average Bonchev–Trinajstić information content (AvgIpc) is 3.27. The van der Waals surface area contributed by atoms with Crippen LogP contribution < -0.4 is 0 Å². The fourth-order valence-electron chi connectivity index (χ4n) is 4.37. The molecule has 3 atom stereocenters. The number of ether oxygens (including phenoxy) is 3. The van der Waals surface area contributed by atoms with Crippen molar-refractivity contribution in [3.63, 3.8) is 0 Å². The molecule has 0 radical (unpaired) electrons. The van der Waals surface area contributed by atoms with Gasteiger partial charge in [0, 0.05) is 5.56 Å². The lowest BCUT2D eigenvalue weighted by Crippen LogP contribution is -2.34. The van der Waals surface area contributed by atoms with E-state index in [0.717, 1.165) is 42.5 Å². The molecule has 1 heterocycles. The van der Waals surface area contributed by atoms with E-state index in [9.17, 15) is 23.1 Å². The summed E-state index contributed by atoms with van der Waals surface area (Å²) in [6, 6.07) is 12.3. The van der Waals surface area contributed by atoms with Crippen LogP contribution in [0, 0.1) is 6.92 Å². The molecule has 210 valence electrons. The SMILES string of the molecule is Cc1cccc(-c2nc(CO[C@H]3CCC[C@@H](OCC(OCc4cccc(C(F)(F)F)c4)C(=O)O)C3)c(Cl)o2)c1. The summed E-state index contributed by atoms with van der Waals surface area (Å²) in [5, 5.41) is 9.68.